The quantitative estimate of drug-likeness (QED) is 0.941. The lowest BCUT2D eigenvalue weighted by atomic mass is 10.2. The van der Waals surface area contributed by atoms with Crippen LogP contribution in [0.5, 0.6) is 0 Å². The number of halogens is 3. The van der Waals surface area contributed by atoms with E-state index >= 15 is 0 Å². The number of rotatable bonds is 3. The zero-order valence-electron chi connectivity index (χ0n) is 9.95. The van der Waals surface area contributed by atoms with Gasteiger partial charge in [0, 0.05) is 25.2 Å². The van der Waals surface area contributed by atoms with Gasteiger partial charge in [-0.2, -0.15) is 5.10 Å². The van der Waals surface area contributed by atoms with Gasteiger partial charge in [0.2, 0.25) is 0 Å². The molecular formula is C12H10ClF2N3O. The summed E-state index contributed by atoms with van der Waals surface area (Å²) in [5.74, 6) is -1.31. The van der Waals surface area contributed by atoms with E-state index in [4.69, 9.17) is 11.6 Å². The number of benzene rings is 1. The zero-order chi connectivity index (χ0) is 14.0. The Hall–Kier alpha value is -1.95. The summed E-state index contributed by atoms with van der Waals surface area (Å²) in [7, 11) is 1.47. The van der Waals surface area contributed by atoms with E-state index in [1.165, 1.54) is 19.3 Å². The molecule has 0 bridgehead atoms. The van der Waals surface area contributed by atoms with Crippen molar-refractivity contribution < 1.29 is 8.78 Å². The van der Waals surface area contributed by atoms with E-state index in [1.54, 1.807) is 0 Å². The fourth-order valence-corrected chi connectivity index (χ4v) is 1.73. The van der Waals surface area contributed by atoms with E-state index < -0.39 is 17.2 Å². The Morgan fingerprint density at radius 1 is 1.42 bits per heavy atom. The number of nitrogens with one attached hydrogen (secondary N) is 1. The predicted molar refractivity (Wildman–Crippen MR) is 68.2 cm³/mol. The molecule has 0 fully saturated rings. The van der Waals surface area contributed by atoms with E-state index in [2.05, 4.69) is 10.4 Å². The third-order valence-electron chi connectivity index (χ3n) is 2.56. The molecule has 0 saturated heterocycles. The molecule has 0 aliphatic rings. The van der Waals surface area contributed by atoms with Gasteiger partial charge < -0.3 is 5.32 Å². The molecule has 1 aromatic heterocycles. The number of aryl methyl sites for hydroxylation is 1. The third kappa shape index (κ3) is 2.90. The fraction of sp³-hybridized carbons (Fsp3) is 0.167. The van der Waals surface area contributed by atoms with Crippen LogP contribution in [0.15, 0.2) is 29.2 Å². The Labute approximate surface area is 112 Å². The second-order valence-electron chi connectivity index (χ2n) is 3.89. The minimum Gasteiger partial charge on any atom is -0.378 e. The molecule has 0 atom stereocenters. The minimum absolute atomic E-state index is 0.0278. The zero-order valence-corrected chi connectivity index (χ0v) is 10.7. The van der Waals surface area contributed by atoms with E-state index in [0.29, 0.717) is 5.69 Å². The van der Waals surface area contributed by atoms with Gasteiger partial charge in [0.25, 0.3) is 5.56 Å². The van der Waals surface area contributed by atoms with Crippen LogP contribution in [-0.4, -0.2) is 9.78 Å². The van der Waals surface area contributed by atoms with E-state index in [9.17, 15) is 13.6 Å². The summed E-state index contributed by atoms with van der Waals surface area (Å²) in [6.07, 6.45) is 1.37. The van der Waals surface area contributed by atoms with Crippen LogP contribution in [0.3, 0.4) is 0 Å². The van der Waals surface area contributed by atoms with Crippen LogP contribution in [0.25, 0.3) is 0 Å². The molecule has 100 valence electrons. The maximum atomic E-state index is 13.4. The second kappa shape index (κ2) is 5.36. The maximum Gasteiger partial charge on any atom is 0.287 e. The van der Waals surface area contributed by atoms with Gasteiger partial charge in [-0.25, -0.2) is 13.5 Å². The average Bonchev–Trinajstić information content (AvgIpc) is 2.37. The molecule has 0 unspecified atom stereocenters. The van der Waals surface area contributed by atoms with Gasteiger partial charge in [-0.3, -0.25) is 4.79 Å². The summed E-state index contributed by atoms with van der Waals surface area (Å²) < 4.78 is 27.2. The SMILES string of the molecule is Cn1ncc(NCc2ccc(F)cc2F)c(Cl)c1=O. The number of hydrogen-bond acceptors (Lipinski definition) is 3. The van der Waals surface area contributed by atoms with Crippen molar-refractivity contribution in [3.63, 3.8) is 0 Å². The van der Waals surface area contributed by atoms with Crippen molar-refractivity contribution in [1.29, 1.82) is 0 Å². The molecule has 19 heavy (non-hydrogen) atoms. The molecular weight excluding hydrogens is 276 g/mol. The maximum absolute atomic E-state index is 13.4. The topological polar surface area (TPSA) is 46.9 Å². The predicted octanol–water partition coefficient (Wildman–Crippen LogP) is 2.32. The summed E-state index contributed by atoms with van der Waals surface area (Å²) in [6.45, 7) is 0.0701. The summed E-state index contributed by atoms with van der Waals surface area (Å²) in [5.41, 5.74) is 0.109. The highest BCUT2D eigenvalue weighted by molar-refractivity contribution is 6.32. The fourth-order valence-electron chi connectivity index (χ4n) is 1.49. The van der Waals surface area contributed by atoms with Crippen molar-refractivity contribution in [2.45, 2.75) is 6.54 Å². The first-order chi connectivity index (χ1) is 8.99. The van der Waals surface area contributed by atoms with E-state index in [-0.39, 0.29) is 17.1 Å². The molecule has 0 aliphatic carbocycles. The van der Waals surface area contributed by atoms with Crippen LogP contribution in [-0.2, 0) is 13.6 Å². The average molecular weight is 286 g/mol. The lowest BCUT2D eigenvalue weighted by Crippen LogP contribution is -2.21. The minimum atomic E-state index is -0.666. The van der Waals surface area contributed by atoms with Crippen LogP contribution in [0.1, 0.15) is 5.56 Å². The Balaban J connectivity index is 2.19. The van der Waals surface area contributed by atoms with Crippen LogP contribution < -0.4 is 10.9 Å². The molecule has 2 rings (SSSR count). The van der Waals surface area contributed by atoms with Crippen molar-refractivity contribution in [1.82, 2.24) is 9.78 Å². The number of nitrogens with zero attached hydrogens (tertiary/aromatic N) is 2. The highest BCUT2D eigenvalue weighted by Crippen LogP contribution is 2.17. The largest absolute Gasteiger partial charge is 0.378 e. The molecule has 2 aromatic rings. The summed E-state index contributed by atoms with van der Waals surface area (Å²) >= 11 is 5.84. The van der Waals surface area contributed by atoms with Crippen LogP contribution >= 0.6 is 11.6 Å². The highest BCUT2D eigenvalue weighted by Gasteiger charge is 2.08. The Morgan fingerprint density at radius 3 is 2.84 bits per heavy atom. The van der Waals surface area contributed by atoms with Gasteiger partial charge in [0.05, 0.1) is 11.9 Å². The molecule has 0 radical (unpaired) electrons. The monoisotopic (exact) mass is 285 g/mol. The Kier molecular flexibility index (Phi) is 3.80. The molecule has 0 amide bonds. The lowest BCUT2D eigenvalue weighted by Gasteiger charge is -2.09. The summed E-state index contributed by atoms with van der Waals surface area (Å²) in [6, 6.07) is 3.27. The molecule has 1 N–H and O–H groups in total. The first kappa shape index (κ1) is 13.5. The normalized spacial score (nSPS) is 10.5. The molecule has 0 saturated carbocycles. The molecule has 4 nitrogen and oxygen atoms in total. The van der Waals surface area contributed by atoms with Crippen molar-refractivity contribution in [2.75, 3.05) is 5.32 Å². The van der Waals surface area contributed by atoms with Gasteiger partial charge in [0.15, 0.2) is 0 Å². The molecule has 0 aliphatic heterocycles. The molecule has 1 aromatic carbocycles. The standard InChI is InChI=1S/C12H10ClF2N3O/c1-18-12(19)11(13)10(6-17-18)16-5-7-2-3-8(14)4-9(7)15/h2-4,6,16H,5H2,1H3. The lowest BCUT2D eigenvalue weighted by molar-refractivity contribution is 0.574. The van der Waals surface area contributed by atoms with Gasteiger partial charge in [-0.15, -0.1) is 0 Å². The first-order valence-corrected chi connectivity index (χ1v) is 5.76. The van der Waals surface area contributed by atoms with E-state index in [0.717, 1.165) is 16.8 Å². The highest BCUT2D eigenvalue weighted by atomic mass is 35.5. The van der Waals surface area contributed by atoms with Gasteiger partial charge >= 0.3 is 0 Å². The number of aromatic nitrogens is 2. The van der Waals surface area contributed by atoms with E-state index in [1.807, 2.05) is 0 Å². The van der Waals surface area contributed by atoms with Crippen LogP contribution in [0, 0.1) is 11.6 Å². The molecule has 1 heterocycles. The Morgan fingerprint density at radius 2 is 2.16 bits per heavy atom. The van der Waals surface area contributed by atoms with Crippen molar-refractivity contribution in [3.05, 3.63) is 57.0 Å². The summed E-state index contributed by atoms with van der Waals surface area (Å²) in [5, 5.41) is 6.55. The summed E-state index contributed by atoms with van der Waals surface area (Å²) in [4.78, 5) is 11.5. The van der Waals surface area contributed by atoms with Crippen molar-refractivity contribution >= 4 is 17.3 Å². The van der Waals surface area contributed by atoms with Crippen molar-refractivity contribution in [3.8, 4) is 0 Å². The third-order valence-corrected chi connectivity index (χ3v) is 2.93. The van der Waals surface area contributed by atoms with Crippen molar-refractivity contribution in [2.24, 2.45) is 7.05 Å². The molecule has 0 spiro atoms. The number of hydrogen-bond donors (Lipinski definition) is 1. The number of anilines is 1. The smallest absolute Gasteiger partial charge is 0.287 e. The second-order valence-corrected chi connectivity index (χ2v) is 4.27. The van der Waals surface area contributed by atoms with Gasteiger partial charge in [-0.1, -0.05) is 17.7 Å². The Bertz CT molecular complexity index is 673. The van der Waals surface area contributed by atoms with Crippen LogP contribution in [0.2, 0.25) is 5.02 Å². The first-order valence-electron chi connectivity index (χ1n) is 5.38. The van der Waals surface area contributed by atoms with Gasteiger partial charge in [0.1, 0.15) is 16.7 Å². The van der Waals surface area contributed by atoms with Gasteiger partial charge in [-0.05, 0) is 6.07 Å². The van der Waals surface area contributed by atoms with Crippen LogP contribution in [0.4, 0.5) is 14.5 Å². The molecule has 7 heteroatoms.